The molecule has 1 saturated heterocycles. The van der Waals surface area contributed by atoms with E-state index >= 15 is 0 Å². The summed E-state index contributed by atoms with van der Waals surface area (Å²) in [4.78, 5) is 29.5. The molecule has 0 unspecified atom stereocenters. The van der Waals surface area contributed by atoms with Crippen LogP contribution in [0.4, 0.5) is 5.69 Å². The third-order valence-electron chi connectivity index (χ3n) is 5.29. The van der Waals surface area contributed by atoms with E-state index in [1.807, 2.05) is 31.2 Å². The van der Waals surface area contributed by atoms with Crippen LogP contribution in [0, 0.1) is 6.92 Å². The van der Waals surface area contributed by atoms with Crippen molar-refractivity contribution in [3.8, 4) is 17.1 Å². The second-order valence-corrected chi connectivity index (χ2v) is 9.64. The topological polar surface area (TPSA) is 123 Å². The second-order valence-electron chi connectivity index (χ2n) is 7.60. The molecule has 0 N–H and O–H groups in total. The SMILES string of the molecule is COc1ccc(S(=O)(=O)N(C)Cc2nc(-c3ccc(C)cc3)no2)cc1N1C(=O)CCC1=O. The Morgan fingerprint density at radius 3 is 2.39 bits per heavy atom. The molecule has 0 saturated carbocycles. The third kappa shape index (κ3) is 4.37. The number of benzene rings is 2. The van der Waals surface area contributed by atoms with Gasteiger partial charge in [0.1, 0.15) is 5.75 Å². The molecule has 0 spiro atoms. The molecule has 3 aromatic rings. The fourth-order valence-electron chi connectivity index (χ4n) is 3.44. The van der Waals surface area contributed by atoms with E-state index in [0.29, 0.717) is 5.82 Å². The summed E-state index contributed by atoms with van der Waals surface area (Å²) in [6.07, 6.45) is 0.138. The van der Waals surface area contributed by atoms with Crippen LogP contribution in [0.1, 0.15) is 24.3 Å². The quantitative estimate of drug-likeness (QED) is 0.483. The predicted octanol–water partition coefficient (Wildman–Crippen LogP) is 2.53. The summed E-state index contributed by atoms with van der Waals surface area (Å²) in [5, 5.41) is 3.92. The van der Waals surface area contributed by atoms with Crippen molar-refractivity contribution >= 4 is 27.5 Å². The molecule has 2 heterocycles. The molecular formula is C22H22N4O6S. The van der Waals surface area contributed by atoms with Crippen molar-refractivity contribution in [2.24, 2.45) is 0 Å². The number of hydrogen-bond acceptors (Lipinski definition) is 8. The molecule has 4 rings (SSSR count). The van der Waals surface area contributed by atoms with Crippen molar-refractivity contribution in [3.05, 3.63) is 53.9 Å². The molecule has 1 aromatic heterocycles. The lowest BCUT2D eigenvalue weighted by Crippen LogP contribution is -2.30. The zero-order chi connectivity index (χ0) is 23.8. The molecular weight excluding hydrogens is 448 g/mol. The van der Waals surface area contributed by atoms with Crippen molar-refractivity contribution in [1.82, 2.24) is 14.4 Å². The van der Waals surface area contributed by atoms with Gasteiger partial charge in [0, 0.05) is 25.5 Å². The smallest absolute Gasteiger partial charge is 0.243 e. The van der Waals surface area contributed by atoms with Crippen LogP contribution in [-0.2, 0) is 26.2 Å². The molecule has 2 amide bonds. The first-order valence-electron chi connectivity index (χ1n) is 10.1. The molecule has 11 heteroatoms. The highest BCUT2D eigenvalue weighted by Crippen LogP contribution is 2.35. The lowest BCUT2D eigenvalue weighted by atomic mass is 10.1. The second kappa shape index (κ2) is 8.75. The van der Waals surface area contributed by atoms with E-state index in [0.717, 1.165) is 20.3 Å². The average molecular weight is 471 g/mol. The lowest BCUT2D eigenvalue weighted by Gasteiger charge is -2.20. The molecule has 0 atom stereocenters. The summed E-state index contributed by atoms with van der Waals surface area (Å²) < 4.78 is 37.9. The molecule has 10 nitrogen and oxygen atoms in total. The van der Waals surface area contributed by atoms with Gasteiger partial charge in [0.25, 0.3) is 0 Å². The van der Waals surface area contributed by atoms with Crippen LogP contribution in [0.15, 0.2) is 51.9 Å². The molecule has 1 aliphatic rings. The number of aryl methyl sites for hydroxylation is 1. The Hall–Kier alpha value is -3.57. The maximum Gasteiger partial charge on any atom is 0.243 e. The highest BCUT2D eigenvalue weighted by Gasteiger charge is 2.34. The van der Waals surface area contributed by atoms with Crippen LogP contribution >= 0.6 is 0 Å². The van der Waals surface area contributed by atoms with Gasteiger partial charge in [-0.3, -0.25) is 9.59 Å². The largest absolute Gasteiger partial charge is 0.495 e. The summed E-state index contributed by atoms with van der Waals surface area (Å²) in [5.41, 5.74) is 1.93. The number of anilines is 1. The van der Waals surface area contributed by atoms with Crippen LogP contribution in [-0.4, -0.2) is 48.8 Å². The Bertz CT molecular complexity index is 1300. The fraction of sp³-hybridized carbons (Fsp3) is 0.273. The normalized spacial score (nSPS) is 14.4. The predicted molar refractivity (Wildman–Crippen MR) is 118 cm³/mol. The number of ether oxygens (including phenoxy) is 1. The van der Waals surface area contributed by atoms with Crippen LogP contribution < -0.4 is 9.64 Å². The van der Waals surface area contributed by atoms with E-state index in [-0.39, 0.29) is 41.6 Å². The lowest BCUT2D eigenvalue weighted by molar-refractivity contribution is -0.121. The molecule has 2 aromatic carbocycles. The van der Waals surface area contributed by atoms with Crippen molar-refractivity contribution in [2.45, 2.75) is 31.2 Å². The molecule has 0 aliphatic carbocycles. The Morgan fingerprint density at radius 1 is 1.09 bits per heavy atom. The summed E-state index contributed by atoms with van der Waals surface area (Å²) >= 11 is 0. The Balaban J connectivity index is 1.59. The summed E-state index contributed by atoms with van der Waals surface area (Å²) in [6, 6.07) is 11.6. The van der Waals surface area contributed by atoms with Gasteiger partial charge in [0.05, 0.1) is 24.2 Å². The van der Waals surface area contributed by atoms with E-state index in [1.54, 1.807) is 0 Å². The molecule has 172 valence electrons. The standard InChI is InChI=1S/C22H22N4O6S/c1-14-4-6-15(7-5-14)22-23-19(32-24-22)13-25(2)33(29,30)16-8-9-18(31-3)17(12-16)26-20(27)10-11-21(26)28/h4-9,12H,10-11,13H2,1-3H3. The van der Waals surface area contributed by atoms with Gasteiger partial charge in [-0.25, -0.2) is 13.3 Å². The minimum atomic E-state index is -4.01. The van der Waals surface area contributed by atoms with Gasteiger partial charge in [-0.05, 0) is 25.1 Å². The van der Waals surface area contributed by atoms with Gasteiger partial charge < -0.3 is 9.26 Å². The number of hydrogen-bond donors (Lipinski definition) is 0. The van der Waals surface area contributed by atoms with Crippen LogP contribution in [0.25, 0.3) is 11.4 Å². The number of methoxy groups -OCH3 is 1. The maximum atomic E-state index is 13.2. The van der Waals surface area contributed by atoms with Gasteiger partial charge in [-0.2, -0.15) is 9.29 Å². The van der Waals surface area contributed by atoms with Gasteiger partial charge in [-0.15, -0.1) is 0 Å². The number of aromatic nitrogens is 2. The minimum absolute atomic E-state index is 0.0688. The number of nitrogens with zero attached hydrogens (tertiary/aromatic N) is 4. The number of sulfonamides is 1. The fourth-order valence-corrected chi connectivity index (χ4v) is 4.59. The van der Waals surface area contributed by atoms with Gasteiger partial charge in [0.15, 0.2) is 0 Å². The number of imide groups is 1. The van der Waals surface area contributed by atoms with Crippen LogP contribution in [0.3, 0.4) is 0 Å². The van der Waals surface area contributed by atoms with Gasteiger partial charge in [-0.1, -0.05) is 35.0 Å². The summed E-state index contributed by atoms with van der Waals surface area (Å²) in [6.45, 7) is 1.80. The van der Waals surface area contributed by atoms with Crippen molar-refractivity contribution in [3.63, 3.8) is 0 Å². The number of amides is 2. The maximum absolute atomic E-state index is 13.2. The zero-order valence-corrected chi connectivity index (χ0v) is 19.1. The molecule has 1 fully saturated rings. The molecule has 0 bridgehead atoms. The van der Waals surface area contributed by atoms with Crippen LogP contribution in [0.5, 0.6) is 5.75 Å². The van der Waals surface area contributed by atoms with E-state index < -0.39 is 21.8 Å². The van der Waals surface area contributed by atoms with E-state index in [4.69, 9.17) is 9.26 Å². The minimum Gasteiger partial charge on any atom is -0.495 e. The first-order chi connectivity index (χ1) is 15.7. The van der Waals surface area contributed by atoms with Crippen molar-refractivity contribution in [2.75, 3.05) is 19.1 Å². The van der Waals surface area contributed by atoms with E-state index in [9.17, 15) is 18.0 Å². The third-order valence-corrected chi connectivity index (χ3v) is 7.09. The Kier molecular flexibility index (Phi) is 6.00. The van der Waals surface area contributed by atoms with E-state index in [1.165, 1.54) is 32.4 Å². The number of rotatable bonds is 7. The van der Waals surface area contributed by atoms with Crippen molar-refractivity contribution in [1.29, 1.82) is 0 Å². The zero-order valence-electron chi connectivity index (χ0n) is 18.3. The average Bonchev–Trinajstić information content (AvgIpc) is 3.39. The number of carbonyl (C=O) groups excluding carboxylic acids is 2. The molecule has 1 aliphatic heterocycles. The Labute approximate surface area is 190 Å². The van der Waals surface area contributed by atoms with Gasteiger partial charge >= 0.3 is 0 Å². The highest BCUT2D eigenvalue weighted by molar-refractivity contribution is 7.89. The monoisotopic (exact) mass is 470 g/mol. The highest BCUT2D eigenvalue weighted by atomic mass is 32.2. The molecule has 0 radical (unpaired) electrons. The van der Waals surface area contributed by atoms with Crippen LogP contribution in [0.2, 0.25) is 0 Å². The van der Waals surface area contributed by atoms with E-state index in [2.05, 4.69) is 10.1 Å². The van der Waals surface area contributed by atoms with Gasteiger partial charge in [0.2, 0.25) is 33.6 Å². The summed E-state index contributed by atoms with van der Waals surface area (Å²) in [5.74, 6) is -0.116. The summed E-state index contributed by atoms with van der Waals surface area (Å²) in [7, 11) is -1.25. The Morgan fingerprint density at radius 2 is 1.76 bits per heavy atom. The van der Waals surface area contributed by atoms with Crippen molar-refractivity contribution < 1.29 is 27.3 Å². The molecule has 33 heavy (non-hydrogen) atoms. The first kappa shape index (κ1) is 22.6. The first-order valence-corrected chi connectivity index (χ1v) is 11.5. The number of carbonyl (C=O) groups is 2.